The van der Waals surface area contributed by atoms with E-state index >= 15 is 0 Å². The molecule has 1 heterocycles. The number of ether oxygens (including phenoxy) is 1. The van der Waals surface area contributed by atoms with Crippen molar-refractivity contribution in [3.05, 3.63) is 58.8 Å². The fraction of sp³-hybridized carbons (Fsp3) is 0.391. The highest BCUT2D eigenvalue weighted by Gasteiger charge is 2.19. The van der Waals surface area contributed by atoms with Crippen LogP contribution >= 0.6 is 0 Å². The molecule has 26 heavy (non-hydrogen) atoms. The molecular weight excluding hydrogens is 317 g/mol. The van der Waals surface area contributed by atoms with Crippen molar-refractivity contribution in [3.8, 4) is 5.75 Å². The highest BCUT2D eigenvalue weighted by Crippen LogP contribution is 2.32. The minimum absolute atomic E-state index is 0.742. The molecule has 0 bridgehead atoms. The lowest BCUT2D eigenvalue weighted by Crippen LogP contribution is -2.10. The van der Waals surface area contributed by atoms with Gasteiger partial charge in [0.25, 0.3) is 0 Å². The van der Waals surface area contributed by atoms with Crippen LogP contribution in [0.5, 0.6) is 5.75 Å². The van der Waals surface area contributed by atoms with Gasteiger partial charge in [0.2, 0.25) is 0 Å². The van der Waals surface area contributed by atoms with Crippen molar-refractivity contribution in [1.82, 2.24) is 4.57 Å². The molecule has 3 aromatic rings. The van der Waals surface area contributed by atoms with Crippen LogP contribution in [0, 0.1) is 13.8 Å². The summed E-state index contributed by atoms with van der Waals surface area (Å²) in [5, 5.41) is 1.36. The Morgan fingerprint density at radius 2 is 1.77 bits per heavy atom. The van der Waals surface area contributed by atoms with E-state index in [9.17, 15) is 0 Å². The summed E-state index contributed by atoms with van der Waals surface area (Å²) >= 11 is 0. The summed E-state index contributed by atoms with van der Waals surface area (Å²) < 4.78 is 8.52. The van der Waals surface area contributed by atoms with Gasteiger partial charge in [0.15, 0.2) is 0 Å². The summed E-state index contributed by atoms with van der Waals surface area (Å²) in [5.74, 6) is 0.981. The molecular formula is C23H26BNO. The SMILES string of the molecule is [B]c1ccc2c(c1)c1c(n2CCCOc2cc(C)cc(C)c2)CCCC1. The first-order chi connectivity index (χ1) is 12.6. The molecule has 0 saturated carbocycles. The van der Waals surface area contributed by atoms with Crippen LogP contribution in [0.1, 0.15) is 41.6 Å². The number of hydrogen-bond acceptors (Lipinski definition) is 1. The Morgan fingerprint density at radius 3 is 2.58 bits per heavy atom. The van der Waals surface area contributed by atoms with Crippen LogP contribution in [0.25, 0.3) is 10.9 Å². The van der Waals surface area contributed by atoms with Gasteiger partial charge in [0.05, 0.1) is 6.61 Å². The third kappa shape index (κ3) is 3.40. The first-order valence-corrected chi connectivity index (χ1v) is 9.72. The van der Waals surface area contributed by atoms with E-state index in [1.54, 1.807) is 0 Å². The lowest BCUT2D eigenvalue weighted by atomic mass is 9.91. The Morgan fingerprint density at radius 1 is 1.00 bits per heavy atom. The summed E-state index contributed by atoms with van der Waals surface area (Å²) in [6.07, 6.45) is 5.95. The molecule has 0 fully saturated rings. The van der Waals surface area contributed by atoms with Gasteiger partial charge in [-0.15, -0.1) is 0 Å². The van der Waals surface area contributed by atoms with Crippen LogP contribution in [0.2, 0.25) is 0 Å². The molecule has 0 atom stereocenters. The largest absolute Gasteiger partial charge is 0.494 e. The van der Waals surface area contributed by atoms with Crippen molar-refractivity contribution in [2.75, 3.05) is 6.61 Å². The zero-order chi connectivity index (χ0) is 18.1. The standard InChI is InChI=1S/C23H26BNO/c1-16-12-17(2)14-19(13-16)26-11-5-10-25-22-7-4-3-6-20(22)21-15-18(24)8-9-23(21)25/h8-9,12-15H,3-7,10-11H2,1-2H3. The minimum atomic E-state index is 0.742. The Labute approximate surface area is 157 Å². The van der Waals surface area contributed by atoms with Crippen molar-refractivity contribution < 1.29 is 4.74 Å². The van der Waals surface area contributed by atoms with Crippen molar-refractivity contribution in [2.45, 2.75) is 52.5 Å². The van der Waals surface area contributed by atoms with E-state index in [1.807, 2.05) is 6.07 Å². The number of nitrogens with zero attached hydrogens (tertiary/aromatic N) is 1. The average molecular weight is 343 g/mol. The molecule has 1 aromatic heterocycles. The van der Waals surface area contributed by atoms with Crippen molar-refractivity contribution >= 4 is 24.2 Å². The molecule has 1 aliphatic carbocycles. The predicted molar refractivity (Wildman–Crippen MR) is 110 cm³/mol. The smallest absolute Gasteiger partial charge is 0.119 e. The minimum Gasteiger partial charge on any atom is -0.494 e. The number of benzene rings is 2. The van der Waals surface area contributed by atoms with Gasteiger partial charge < -0.3 is 9.30 Å². The van der Waals surface area contributed by atoms with Gasteiger partial charge in [-0.2, -0.15) is 0 Å². The second kappa shape index (κ2) is 7.22. The Hall–Kier alpha value is -2.16. The summed E-state index contributed by atoms with van der Waals surface area (Å²) in [5.41, 5.74) is 7.74. The van der Waals surface area contributed by atoms with Gasteiger partial charge in [0, 0.05) is 23.1 Å². The molecule has 2 radical (unpaired) electrons. The number of rotatable bonds is 5. The first-order valence-electron chi connectivity index (χ1n) is 9.72. The van der Waals surface area contributed by atoms with E-state index in [4.69, 9.17) is 12.6 Å². The zero-order valence-electron chi connectivity index (χ0n) is 15.8. The van der Waals surface area contributed by atoms with Gasteiger partial charge >= 0.3 is 0 Å². The summed E-state index contributed by atoms with van der Waals surface area (Å²) in [7, 11) is 6.05. The Balaban J connectivity index is 1.50. The van der Waals surface area contributed by atoms with Gasteiger partial charge in [-0.05, 0) is 80.8 Å². The molecule has 3 heteroatoms. The lowest BCUT2D eigenvalue weighted by Gasteiger charge is -2.16. The molecule has 0 amide bonds. The monoisotopic (exact) mass is 343 g/mol. The molecule has 0 unspecified atom stereocenters. The number of fused-ring (bicyclic) bond motifs is 3. The van der Waals surface area contributed by atoms with Gasteiger partial charge in [-0.3, -0.25) is 0 Å². The Bertz CT molecular complexity index is 921. The maximum atomic E-state index is 6.05. The molecule has 0 spiro atoms. The topological polar surface area (TPSA) is 14.2 Å². The normalized spacial score (nSPS) is 13.8. The maximum Gasteiger partial charge on any atom is 0.119 e. The lowest BCUT2D eigenvalue weighted by molar-refractivity contribution is 0.301. The molecule has 0 aliphatic heterocycles. The van der Waals surface area contributed by atoms with Gasteiger partial charge in [-0.25, -0.2) is 0 Å². The van der Waals surface area contributed by atoms with Crippen molar-refractivity contribution in [1.29, 1.82) is 0 Å². The summed E-state index contributed by atoms with van der Waals surface area (Å²) in [6.45, 7) is 5.97. The van der Waals surface area contributed by atoms with E-state index < -0.39 is 0 Å². The highest BCUT2D eigenvalue weighted by atomic mass is 16.5. The maximum absolute atomic E-state index is 6.05. The Kier molecular flexibility index (Phi) is 4.80. The van der Waals surface area contributed by atoms with Gasteiger partial charge in [-0.1, -0.05) is 23.7 Å². The van der Waals surface area contributed by atoms with Gasteiger partial charge in [0.1, 0.15) is 13.6 Å². The summed E-state index contributed by atoms with van der Waals surface area (Å²) in [6, 6.07) is 12.8. The molecule has 2 aromatic carbocycles. The third-order valence-electron chi connectivity index (χ3n) is 5.39. The van der Waals surface area contributed by atoms with E-state index in [0.717, 1.165) is 30.8 Å². The highest BCUT2D eigenvalue weighted by molar-refractivity contribution is 6.33. The van der Waals surface area contributed by atoms with E-state index in [2.05, 4.69) is 48.7 Å². The molecule has 0 N–H and O–H groups in total. The van der Waals surface area contributed by atoms with Crippen LogP contribution < -0.4 is 10.2 Å². The average Bonchev–Trinajstić information content (AvgIpc) is 2.91. The van der Waals surface area contributed by atoms with Crippen molar-refractivity contribution in [2.24, 2.45) is 0 Å². The zero-order valence-corrected chi connectivity index (χ0v) is 15.8. The van der Waals surface area contributed by atoms with E-state index in [0.29, 0.717) is 0 Å². The quantitative estimate of drug-likeness (QED) is 0.495. The number of aryl methyl sites for hydroxylation is 4. The number of aromatic nitrogens is 1. The predicted octanol–water partition coefficient (Wildman–Crippen LogP) is 4.40. The first kappa shape index (κ1) is 17.3. The second-order valence-corrected chi connectivity index (χ2v) is 7.59. The molecule has 2 nitrogen and oxygen atoms in total. The second-order valence-electron chi connectivity index (χ2n) is 7.59. The fourth-order valence-corrected chi connectivity index (χ4v) is 4.34. The van der Waals surface area contributed by atoms with E-state index in [1.165, 1.54) is 59.0 Å². The fourth-order valence-electron chi connectivity index (χ4n) is 4.34. The number of hydrogen-bond donors (Lipinski definition) is 0. The van der Waals surface area contributed by atoms with E-state index in [-0.39, 0.29) is 0 Å². The molecule has 4 rings (SSSR count). The molecule has 0 saturated heterocycles. The van der Waals surface area contributed by atoms with Crippen LogP contribution in [0.3, 0.4) is 0 Å². The molecule has 132 valence electrons. The third-order valence-corrected chi connectivity index (χ3v) is 5.39. The molecule has 1 aliphatic rings. The van der Waals surface area contributed by atoms with Crippen LogP contribution in [-0.4, -0.2) is 19.0 Å². The van der Waals surface area contributed by atoms with Crippen LogP contribution in [-0.2, 0) is 19.4 Å². The van der Waals surface area contributed by atoms with Crippen LogP contribution in [0.4, 0.5) is 0 Å². The van der Waals surface area contributed by atoms with Crippen molar-refractivity contribution in [3.63, 3.8) is 0 Å². The summed E-state index contributed by atoms with van der Waals surface area (Å²) in [4.78, 5) is 0. The van der Waals surface area contributed by atoms with Crippen LogP contribution in [0.15, 0.2) is 36.4 Å².